The van der Waals surface area contributed by atoms with Gasteiger partial charge in [0.25, 0.3) is 10.0 Å². The molecule has 0 unspecified atom stereocenters. The minimum absolute atomic E-state index is 0.0381. The third kappa shape index (κ3) is 4.35. The minimum atomic E-state index is -4.04. The Morgan fingerprint density at radius 2 is 1.92 bits per heavy atom. The van der Waals surface area contributed by atoms with Crippen molar-refractivity contribution < 1.29 is 27.2 Å². The van der Waals surface area contributed by atoms with Gasteiger partial charge in [0.2, 0.25) is 0 Å². The lowest BCUT2D eigenvalue weighted by molar-refractivity contribution is -0.0258. The number of carbonyl (C=O) groups is 1. The number of sulfonamides is 1. The highest BCUT2D eigenvalue weighted by atomic mass is 35.5. The van der Waals surface area contributed by atoms with Gasteiger partial charge in [-0.3, -0.25) is 4.84 Å². The number of hydroxylamine groups is 1. The molecule has 0 aliphatic carbocycles. The fourth-order valence-corrected chi connectivity index (χ4v) is 3.38. The Bertz CT molecular complexity index is 888. The van der Waals surface area contributed by atoms with Crippen molar-refractivity contribution in [3.63, 3.8) is 0 Å². The van der Waals surface area contributed by atoms with Gasteiger partial charge in [0.05, 0.1) is 17.7 Å². The highest BCUT2D eigenvalue weighted by Crippen LogP contribution is 2.26. The molecule has 0 saturated heterocycles. The van der Waals surface area contributed by atoms with Crippen molar-refractivity contribution in [1.82, 2.24) is 4.47 Å². The van der Waals surface area contributed by atoms with Gasteiger partial charge in [-0.2, -0.15) is 0 Å². The average molecular weight is 388 g/mol. The van der Waals surface area contributed by atoms with Crippen LogP contribution in [0.25, 0.3) is 0 Å². The monoisotopic (exact) mass is 387 g/mol. The van der Waals surface area contributed by atoms with Crippen LogP contribution < -0.4 is 0 Å². The van der Waals surface area contributed by atoms with Crippen LogP contribution in [0.3, 0.4) is 0 Å². The van der Waals surface area contributed by atoms with Crippen LogP contribution in [0.1, 0.15) is 15.9 Å². The number of hydrogen-bond donors (Lipinski definition) is 0. The molecule has 0 aliphatic rings. The molecule has 0 amide bonds. The van der Waals surface area contributed by atoms with E-state index in [1.807, 2.05) is 0 Å². The van der Waals surface area contributed by atoms with Crippen molar-refractivity contribution in [3.8, 4) is 0 Å². The summed E-state index contributed by atoms with van der Waals surface area (Å²) < 4.78 is 43.8. The number of carbonyl (C=O) groups excluding carboxylic acids is 1. The quantitative estimate of drug-likeness (QED) is 0.562. The van der Waals surface area contributed by atoms with E-state index in [-0.39, 0.29) is 27.7 Å². The number of rotatable bonds is 6. The fourth-order valence-electron chi connectivity index (χ4n) is 1.91. The maximum absolute atomic E-state index is 13.5. The molecule has 0 aromatic heterocycles. The maximum Gasteiger partial charge on any atom is 0.338 e. The van der Waals surface area contributed by atoms with E-state index in [1.165, 1.54) is 44.5 Å². The van der Waals surface area contributed by atoms with E-state index in [9.17, 15) is 17.6 Å². The second-order valence-electron chi connectivity index (χ2n) is 4.91. The first-order valence-electron chi connectivity index (χ1n) is 7.00. The van der Waals surface area contributed by atoms with Crippen molar-refractivity contribution in [3.05, 3.63) is 64.4 Å². The Kier molecular flexibility index (Phi) is 6.12. The summed E-state index contributed by atoms with van der Waals surface area (Å²) in [5, 5.41) is -0.0745. The van der Waals surface area contributed by atoms with Gasteiger partial charge in [-0.15, -0.1) is 0 Å². The predicted molar refractivity (Wildman–Crippen MR) is 88.9 cm³/mol. The Morgan fingerprint density at radius 1 is 1.24 bits per heavy atom. The van der Waals surface area contributed by atoms with Crippen LogP contribution in [0, 0.1) is 5.82 Å². The molecule has 0 spiro atoms. The molecule has 2 aromatic rings. The molecule has 6 nitrogen and oxygen atoms in total. The zero-order chi connectivity index (χ0) is 18.6. The number of ether oxygens (including phenoxy) is 1. The van der Waals surface area contributed by atoms with Crippen molar-refractivity contribution in [1.29, 1.82) is 0 Å². The zero-order valence-corrected chi connectivity index (χ0v) is 15.0. The van der Waals surface area contributed by atoms with E-state index >= 15 is 0 Å². The molecule has 0 bridgehead atoms. The van der Waals surface area contributed by atoms with Crippen LogP contribution >= 0.6 is 11.6 Å². The largest absolute Gasteiger partial charge is 0.457 e. The van der Waals surface area contributed by atoms with E-state index in [0.717, 1.165) is 6.07 Å². The molecule has 9 heteroatoms. The van der Waals surface area contributed by atoms with Crippen LogP contribution in [-0.2, 0) is 26.2 Å². The van der Waals surface area contributed by atoms with E-state index in [2.05, 4.69) is 4.84 Å². The molecule has 0 saturated carbocycles. The summed E-state index contributed by atoms with van der Waals surface area (Å²) in [6.07, 6.45) is 0. The predicted octanol–water partition coefficient (Wildman–Crippen LogP) is 3.02. The number of hydrogen-bond acceptors (Lipinski definition) is 5. The zero-order valence-electron chi connectivity index (χ0n) is 13.4. The van der Waals surface area contributed by atoms with Gasteiger partial charge >= 0.3 is 5.97 Å². The molecule has 134 valence electrons. The molecule has 0 radical (unpaired) electrons. The second kappa shape index (κ2) is 7.92. The summed E-state index contributed by atoms with van der Waals surface area (Å²) in [4.78, 5) is 16.5. The Hall–Kier alpha value is -2.00. The molecular weight excluding hydrogens is 373 g/mol. The molecular formula is C16H15ClFNO5S. The fraction of sp³-hybridized carbons (Fsp3) is 0.188. The van der Waals surface area contributed by atoms with Crippen molar-refractivity contribution >= 4 is 27.6 Å². The van der Waals surface area contributed by atoms with Gasteiger partial charge in [0, 0.05) is 12.6 Å². The highest BCUT2D eigenvalue weighted by molar-refractivity contribution is 7.89. The van der Waals surface area contributed by atoms with Gasteiger partial charge in [0.1, 0.15) is 17.3 Å². The third-order valence-corrected chi connectivity index (χ3v) is 5.52. The Labute approximate surface area is 149 Å². The summed E-state index contributed by atoms with van der Waals surface area (Å²) >= 11 is 5.92. The standard InChI is InChI=1S/C16H15ClFNO5S/c1-19(23-2)25(21,22)15-9-11(7-8-13(15)17)16(20)24-10-12-5-3-4-6-14(12)18/h3-9H,10H2,1-2H3. The van der Waals surface area contributed by atoms with E-state index in [4.69, 9.17) is 16.3 Å². The molecule has 0 aliphatic heterocycles. The van der Waals surface area contributed by atoms with E-state index < -0.39 is 21.8 Å². The lowest BCUT2D eigenvalue weighted by Crippen LogP contribution is -2.26. The minimum Gasteiger partial charge on any atom is -0.457 e. The summed E-state index contributed by atoms with van der Waals surface area (Å²) in [7, 11) is -1.67. The van der Waals surface area contributed by atoms with Crippen LogP contribution in [0.15, 0.2) is 47.4 Å². The summed E-state index contributed by atoms with van der Waals surface area (Å²) in [6, 6.07) is 9.51. The maximum atomic E-state index is 13.5. The number of esters is 1. The normalized spacial score (nSPS) is 11.6. The van der Waals surface area contributed by atoms with Gasteiger partial charge in [-0.1, -0.05) is 34.3 Å². The topological polar surface area (TPSA) is 72.9 Å². The van der Waals surface area contributed by atoms with Gasteiger partial charge in [-0.25, -0.2) is 17.6 Å². The molecule has 2 rings (SSSR count). The number of benzene rings is 2. The summed E-state index contributed by atoms with van der Waals surface area (Å²) in [5.41, 5.74) is 0.167. The first-order valence-corrected chi connectivity index (χ1v) is 8.82. The average Bonchev–Trinajstić information content (AvgIpc) is 2.60. The molecule has 0 heterocycles. The van der Waals surface area contributed by atoms with Gasteiger partial charge in [-0.05, 0) is 24.3 Å². The Morgan fingerprint density at radius 3 is 2.56 bits per heavy atom. The smallest absolute Gasteiger partial charge is 0.338 e. The van der Waals surface area contributed by atoms with Gasteiger partial charge < -0.3 is 4.74 Å². The molecule has 2 aromatic carbocycles. The first-order chi connectivity index (χ1) is 11.8. The summed E-state index contributed by atoms with van der Waals surface area (Å²) in [6.45, 7) is -0.284. The van der Waals surface area contributed by atoms with Crippen molar-refractivity contribution in [2.75, 3.05) is 14.2 Å². The number of nitrogens with zero attached hydrogens (tertiary/aromatic N) is 1. The molecule has 0 fully saturated rings. The third-order valence-electron chi connectivity index (χ3n) is 3.36. The van der Waals surface area contributed by atoms with E-state index in [1.54, 1.807) is 6.07 Å². The van der Waals surface area contributed by atoms with Crippen LogP contribution in [-0.4, -0.2) is 33.0 Å². The van der Waals surface area contributed by atoms with Crippen LogP contribution in [0.4, 0.5) is 4.39 Å². The van der Waals surface area contributed by atoms with Crippen molar-refractivity contribution in [2.24, 2.45) is 0 Å². The lowest BCUT2D eigenvalue weighted by Gasteiger charge is -2.15. The molecule has 25 heavy (non-hydrogen) atoms. The van der Waals surface area contributed by atoms with Crippen LogP contribution in [0.2, 0.25) is 5.02 Å². The number of halogens is 2. The lowest BCUT2D eigenvalue weighted by atomic mass is 10.2. The summed E-state index contributed by atoms with van der Waals surface area (Å²) in [5.74, 6) is -1.31. The van der Waals surface area contributed by atoms with E-state index in [0.29, 0.717) is 4.47 Å². The molecule has 0 atom stereocenters. The Balaban J connectivity index is 2.24. The molecule has 0 N–H and O–H groups in total. The van der Waals surface area contributed by atoms with Crippen LogP contribution in [0.5, 0.6) is 0 Å². The first kappa shape index (κ1) is 19.3. The highest BCUT2D eigenvalue weighted by Gasteiger charge is 2.25. The van der Waals surface area contributed by atoms with Gasteiger partial charge in [0.15, 0.2) is 0 Å². The second-order valence-corrected chi connectivity index (χ2v) is 7.22. The SMILES string of the molecule is CON(C)S(=O)(=O)c1cc(C(=O)OCc2ccccc2F)ccc1Cl. The van der Waals surface area contributed by atoms with Crippen molar-refractivity contribution in [2.45, 2.75) is 11.5 Å².